The fourth-order valence-electron chi connectivity index (χ4n) is 2.47. The first-order valence-electron chi connectivity index (χ1n) is 6.49. The molecule has 0 amide bonds. The van der Waals surface area contributed by atoms with E-state index in [-0.39, 0.29) is 6.10 Å². The highest BCUT2D eigenvalue weighted by atomic mass is 31.2. The zero-order valence-electron chi connectivity index (χ0n) is 12.1. The standard InChI is InChI=1S/C12H24BFNO2P/c1-7(2)15(8(3)4)18(6)17-11-9(5)16-12(13)10(11)14/h7-12H,1-6H3/t9-,10+,11-,12-,18?/m1/s1. The summed E-state index contributed by atoms with van der Waals surface area (Å²) in [4.78, 5) is 0. The first-order chi connectivity index (χ1) is 8.25. The highest BCUT2D eigenvalue weighted by Gasteiger charge is 2.42. The van der Waals surface area contributed by atoms with Gasteiger partial charge in [0.1, 0.15) is 28.4 Å². The van der Waals surface area contributed by atoms with Crippen LogP contribution in [0.4, 0.5) is 4.39 Å². The highest BCUT2D eigenvalue weighted by Crippen LogP contribution is 2.45. The SMILES string of the molecule is [B][C@@H]1O[C@H](C)[C@@H](OP(C)N(C(C)C)C(C)C)[C@@H]1F. The van der Waals surface area contributed by atoms with E-state index in [1.165, 1.54) is 0 Å². The molecular weight excluding hydrogens is 251 g/mol. The second-order valence-corrected chi connectivity index (χ2v) is 6.95. The number of ether oxygens (including phenoxy) is 1. The van der Waals surface area contributed by atoms with Crippen LogP contribution in [0.2, 0.25) is 0 Å². The Bertz CT molecular complexity index is 262. The monoisotopic (exact) mass is 275 g/mol. The van der Waals surface area contributed by atoms with E-state index < -0.39 is 26.6 Å². The topological polar surface area (TPSA) is 21.7 Å². The molecule has 1 heterocycles. The maximum atomic E-state index is 13.9. The van der Waals surface area contributed by atoms with Crippen molar-refractivity contribution in [2.75, 3.05) is 6.66 Å². The van der Waals surface area contributed by atoms with E-state index in [1.54, 1.807) is 0 Å². The summed E-state index contributed by atoms with van der Waals surface area (Å²) < 4.78 is 27.3. The van der Waals surface area contributed by atoms with E-state index in [2.05, 4.69) is 32.4 Å². The van der Waals surface area contributed by atoms with Crippen LogP contribution in [0.15, 0.2) is 0 Å². The summed E-state index contributed by atoms with van der Waals surface area (Å²) in [6.07, 6.45) is -2.09. The molecule has 104 valence electrons. The maximum Gasteiger partial charge on any atom is 0.146 e. The molecule has 6 heteroatoms. The molecule has 0 aromatic rings. The summed E-state index contributed by atoms with van der Waals surface area (Å²) in [6, 6.07) is -0.129. The van der Waals surface area contributed by atoms with Crippen molar-refractivity contribution in [2.45, 2.75) is 71.1 Å². The third-order valence-corrected chi connectivity index (χ3v) is 5.24. The molecule has 1 aliphatic heterocycles. The summed E-state index contributed by atoms with van der Waals surface area (Å²) in [5.74, 6) is 0. The smallest absolute Gasteiger partial charge is 0.146 e. The number of hydrogen-bond acceptors (Lipinski definition) is 3. The zero-order valence-corrected chi connectivity index (χ0v) is 13.0. The number of nitrogens with zero attached hydrogens (tertiary/aromatic N) is 1. The van der Waals surface area contributed by atoms with Crippen molar-refractivity contribution in [1.82, 2.24) is 4.67 Å². The van der Waals surface area contributed by atoms with Crippen LogP contribution < -0.4 is 0 Å². The zero-order chi connectivity index (χ0) is 14.0. The fraction of sp³-hybridized carbons (Fsp3) is 1.00. The molecule has 5 atom stereocenters. The summed E-state index contributed by atoms with van der Waals surface area (Å²) in [5.41, 5.74) is 0. The normalized spacial score (nSPS) is 34.8. The van der Waals surface area contributed by atoms with Crippen molar-refractivity contribution in [3.63, 3.8) is 0 Å². The molecule has 0 bridgehead atoms. The molecule has 1 saturated heterocycles. The van der Waals surface area contributed by atoms with Crippen LogP contribution >= 0.6 is 8.30 Å². The van der Waals surface area contributed by atoms with Gasteiger partial charge in [0.2, 0.25) is 0 Å². The van der Waals surface area contributed by atoms with Crippen LogP contribution in [0.25, 0.3) is 0 Å². The lowest BCUT2D eigenvalue weighted by atomic mass is 9.94. The third-order valence-electron chi connectivity index (χ3n) is 3.12. The summed E-state index contributed by atoms with van der Waals surface area (Å²) in [6.45, 7) is 12.3. The van der Waals surface area contributed by atoms with Crippen LogP contribution in [-0.4, -0.2) is 55.6 Å². The van der Waals surface area contributed by atoms with Gasteiger partial charge in [0.15, 0.2) is 0 Å². The van der Waals surface area contributed by atoms with Crippen LogP contribution in [0.3, 0.4) is 0 Å². The molecule has 2 radical (unpaired) electrons. The molecule has 0 aromatic carbocycles. The first kappa shape index (κ1) is 16.4. The summed E-state index contributed by atoms with van der Waals surface area (Å²) in [7, 11) is 4.70. The van der Waals surface area contributed by atoms with Crippen molar-refractivity contribution in [3.05, 3.63) is 0 Å². The van der Waals surface area contributed by atoms with Gasteiger partial charge in [-0.05, 0) is 41.3 Å². The molecule has 0 saturated carbocycles. The Morgan fingerprint density at radius 1 is 1.28 bits per heavy atom. The van der Waals surface area contributed by atoms with Crippen molar-refractivity contribution in [2.24, 2.45) is 0 Å². The van der Waals surface area contributed by atoms with Gasteiger partial charge in [0, 0.05) is 12.1 Å². The molecular formula is C12H24BFNO2P. The van der Waals surface area contributed by atoms with Gasteiger partial charge in [-0.15, -0.1) is 0 Å². The van der Waals surface area contributed by atoms with Crippen molar-refractivity contribution in [3.8, 4) is 0 Å². The number of rotatable bonds is 5. The number of alkyl halides is 1. The van der Waals surface area contributed by atoms with Gasteiger partial charge in [-0.1, -0.05) is 0 Å². The predicted octanol–water partition coefficient (Wildman–Crippen LogP) is 2.68. The van der Waals surface area contributed by atoms with Crippen LogP contribution in [-0.2, 0) is 9.26 Å². The lowest BCUT2D eigenvalue weighted by Gasteiger charge is -2.37. The Hall–Kier alpha value is 0.305. The minimum atomic E-state index is -1.24. The Balaban J connectivity index is 2.65. The van der Waals surface area contributed by atoms with Crippen LogP contribution in [0.5, 0.6) is 0 Å². The molecule has 1 rings (SSSR count). The minimum Gasteiger partial charge on any atom is -0.379 e. The van der Waals surface area contributed by atoms with Crippen molar-refractivity contribution in [1.29, 1.82) is 0 Å². The molecule has 0 spiro atoms. The quantitative estimate of drug-likeness (QED) is 0.568. The van der Waals surface area contributed by atoms with Gasteiger partial charge in [0.05, 0.1) is 12.1 Å². The largest absolute Gasteiger partial charge is 0.379 e. The average molecular weight is 275 g/mol. The van der Waals surface area contributed by atoms with E-state index >= 15 is 0 Å². The second kappa shape index (κ2) is 6.65. The van der Waals surface area contributed by atoms with Gasteiger partial charge in [-0.3, -0.25) is 4.67 Å². The predicted molar refractivity (Wildman–Crippen MR) is 74.8 cm³/mol. The van der Waals surface area contributed by atoms with Gasteiger partial charge < -0.3 is 9.26 Å². The number of halogens is 1. The minimum absolute atomic E-state index is 0.291. The lowest BCUT2D eigenvalue weighted by Crippen LogP contribution is -2.36. The fourth-order valence-corrected chi connectivity index (χ4v) is 4.52. The Morgan fingerprint density at radius 3 is 2.11 bits per heavy atom. The summed E-state index contributed by atoms with van der Waals surface area (Å²) >= 11 is 0. The van der Waals surface area contributed by atoms with Gasteiger partial charge >= 0.3 is 0 Å². The van der Waals surface area contributed by atoms with Gasteiger partial charge in [0.25, 0.3) is 0 Å². The lowest BCUT2D eigenvalue weighted by molar-refractivity contribution is 0.0554. The average Bonchev–Trinajstić information content (AvgIpc) is 2.44. The van der Waals surface area contributed by atoms with E-state index in [0.717, 1.165) is 0 Å². The Kier molecular flexibility index (Phi) is 6.04. The van der Waals surface area contributed by atoms with Crippen LogP contribution in [0, 0.1) is 0 Å². The molecule has 1 fully saturated rings. The van der Waals surface area contributed by atoms with Gasteiger partial charge in [-0.25, -0.2) is 4.39 Å². The van der Waals surface area contributed by atoms with E-state index in [4.69, 9.17) is 17.1 Å². The second-order valence-electron chi connectivity index (χ2n) is 5.35. The van der Waals surface area contributed by atoms with E-state index in [0.29, 0.717) is 12.1 Å². The van der Waals surface area contributed by atoms with E-state index in [1.807, 2.05) is 13.6 Å². The Morgan fingerprint density at radius 2 is 1.78 bits per heavy atom. The van der Waals surface area contributed by atoms with Crippen molar-refractivity contribution < 1.29 is 13.7 Å². The van der Waals surface area contributed by atoms with Crippen molar-refractivity contribution >= 4 is 16.1 Å². The molecule has 3 nitrogen and oxygen atoms in total. The maximum absolute atomic E-state index is 13.9. The molecule has 1 unspecified atom stereocenters. The van der Waals surface area contributed by atoms with Crippen LogP contribution in [0.1, 0.15) is 34.6 Å². The first-order valence-corrected chi connectivity index (χ1v) is 8.15. The number of hydrogen-bond donors (Lipinski definition) is 0. The molecule has 0 aliphatic carbocycles. The van der Waals surface area contributed by atoms with Gasteiger partial charge in [-0.2, -0.15) is 0 Å². The molecule has 1 aliphatic rings. The Labute approximate surface area is 113 Å². The third kappa shape index (κ3) is 3.66. The molecule has 18 heavy (non-hydrogen) atoms. The van der Waals surface area contributed by atoms with E-state index in [9.17, 15) is 4.39 Å². The highest BCUT2D eigenvalue weighted by molar-refractivity contribution is 7.49. The molecule has 0 aromatic heterocycles. The molecule has 0 N–H and O–H groups in total. The summed E-state index contributed by atoms with van der Waals surface area (Å²) in [5, 5.41) is 0.